The molecule has 0 bridgehead atoms. The quantitative estimate of drug-likeness (QED) is 0.687. The molecule has 0 aromatic carbocycles. The molecule has 0 rings (SSSR count). The number of nitrogens with two attached hydrogens (primary N) is 1. The first-order chi connectivity index (χ1) is 7.84. The Morgan fingerprint density at radius 3 is 2.29 bits per heavy atom. The van der Waals surface area contributed by atoms with Crippen LogP contribution < -0.4 is 11.1 Å². The minimum Gasteiger partial charge on any atom is -0.354 e. The Morgan fingerprint density at radius 2 is 1.82 bits per heavy atom. The van der Waals surface area contributed by atoms with E-state index >= 15 is 0 Å². The first-order valence-corrected chi connectivity index (χ1v) is 7.07. The highest BCUT2D eigenvalue weighted by molar-refractivity contribution is 7.99. The molecule has 3 N–H and O–H groups in total. The minimum absolute atomic E-state index is 0.0251. The summed E-state index contributed by atoms with van der Waals surface area (Å²) in [6.07, 6.45) is 0.382. The Hall–Kier alpha value is -0.550. The number of hydrogen-bond donors (Lipinski definition) is 2. The summed E-state index contributed by atoms with van der Waals surface area (Å²) in [4.78, 5) is 22.9. The van der Waals surface area contributed by atoms with Gasteiger partial charge in [0.2, 0.25) is 5.91 Å². The number of nitrogens with one attached hydrogen (secondary N) is 1. The Kier molecular flexibility index (Phi) is 8.25. The number of hydrogen-bond acceptors (Lipinski definition) is 4. The van der Waals surface area contributed by atoms with Crippen molar-refractivity contribution >= 4 is 23.5 Å². The predicted octanol–water partition coefficient (Wildman–Crippen LogP) is 1.19. The third-order valence-electron chi connectivity index (χ3n) is 2.26. The SMILES string of the molecule is CC(C)SC[C@H](N)C(=O)NCCC(=O)C(C)C. The van der Waals surface area contributed by atoms with E-state index in [1.54, 1.807) is 11.8 Å². The van der Waals surface area contributed by atoms with Crippen molar-refractivity contribution in [3.05, 3.63) is 0 Å². The van der Waals surface area contributed by atoms with Crippen LogP contribution in [0, 0.1) is 5.92 Å². The second-order valence-corrected chi connectivity index (χ2v) is 6.26. The van der Waals surface area contributed by atoms with Gasteiger partial charge in [-0.1, -0.05) is 27.7 Å². The summed E-state index contributed by atoms with van der Waals surface area (Å²) in [5.74, 6) is 0.629. The molecule has 0 aromatic rings. The van der Waals surface area contributed by atoms with Crippen molar-refractivity contribution in [2.24, 2.45) is 11.7 Å². The Labute approximate surface area is 108 Å². The number of Topliss-reactive ketones (excluding diaryl/α,β-unsaturated/α-hetero) is 1. The van der Waals surface area contributed by atoms with E-state index < -0.39 is 6.04 Å². The fourth-order valence-electron chi connectivity index (χ4n) is 1.10. The smallest absolute Gasteiger partial charge is 0.237 e. The van der Waals surface area contributed by atoms with E-state index in [0.717, 1.165) is 0 Å². The van der Waals surface area contributed by atoms with E-state index in [1.165, 1.54) is 0 Å². The van der Waals surface area contributed by atoms with Crippen LogP contribution in [0.2, 0.25) is 0 Å². The van der Waals surface area contributed by atoms with Gasteiger partial charge < -0.3 is 11.1 Å². The van der Waals surface area contributed by atoms with Crippen molar-refractivity contribution in [2.45, 2.75) is 45.4 Å². The highest BCUT2D eigenvalue weighted by Crippen LogP contribution is 2.09. The minimum atomic E-state index is -0.489. The largest absolute Gasteiger partial charge is 0.354 e. The van der Waals surface area contributed by atoms with E-state index in [4.69, 9.17) is 5.73 Å². The lowest BCUT2D eigenvalue weighted by atomic mass is 10.1. The van der Waals surface area contributed by atoms with Crippen LogP contribution in [0.5, 0.6) is 0 Å². The molecule has 0 saturated heterocycles. The summed E-state index contributed by atoms with van der Waals surface area (Å²) in [6, 6.07) is -0.489. The number of thioether (sulfide) groups is 1. The summed E-state index contributed by atoms with van der Waals surface area (Å²) >= 11 is 1.66. The van der Waals surface area contributed by atoms with Crippen LogP contribution in [0.4, 0.5) is 0 Å². The Bertz CT molecular complexity index is 255. The van der Waals surface area contributed by atoms with Crippen molar-refractivity contribution in [3.63, 3.8) is 0 Å². The van der Waals surface area contributed by atoms with Gasteiger partial charge >= 0.3 is 0 Å². The third-order valence-corrected chi connectivity index (χ3v) is 3.48. The summed E-state index contributed by atoms with van der Waals surface area (Å²) in [5, 5.41) is 3.16. The molecule has 0 fully saturated rings. The molecular formula is C12H24N2O2S. The molecule has 1 amide bonds. The van der Waals surface area contributed by atoms with Gasteiger partial charge in [-0.05, 0) is 5.25 Å². The van der Waals surface area contributed by atoms with Gasteiger partial charge in [0.25, 0.3) is 0 Å². The highest BCUT2D eigenvalue weighted by atomic mass is 32.2. The predicted molar refractivity (Wildman–Crippen MR) is 73.0 cm³/mol. The van der Waals surface area contributed by atoms with Crippen LogP contribution >= 0.6 is 11.8 Å². The fourth-order valence-corrected chi connectivity index (χ4v) is 1.84. The summed E-state index contributed by atoms with van der Waals surface area (Å²) in [6.45, 7) is 8.23. The van der Waals surface area contributed by atoms with E-state index in [9.17, 15) is 9.59 Å². The van der Waals surface area contributed by atoms with Crippen molar-refractivity contribution in [1.82, 2.24) is 5.32 Å². The zero-order valence-electron chi connectivity index (χ0n) is 11.2. The van der Waals surface area contributed by atoms with Crippen molar-refractivity contribution in [2.75, 3.05) is 12.3 Å². The molecule has 0 aromatic heterocycles. The maximum Gasteiger partial charge on any atom is 0.237 e. The van der Waals surface area contributed by atoms with Crippen LogP contribution in [0.25, 0.3) is 0 Å². The summed E-state index contributed by atoms with van der Waals surface area (Å²) in [5.41, 5.74) is 5.72. The van der Waals surface area contributed by atoms with Crippen LogP contribution in [0.3, 0.4) is 0 Å². The lowest BCUT2D eigenvalue weighted by Gasteiger charge is -2.13. The molecule has 0 spiro atoms. The zero-order valence-corrected chi connectivity index (χ0v) is 12.0. The second kappa shape index (κ2) is 8.53. The van der Waals surface area contributed by atoms with E-state index in [-0.39, 0.29) is 17.6 Å². The number of carbonyl (C=O) groups excluding carboxylic acids is 2. The second-order valence-electron chi connectivity index (χ2n) is 4.65. The first-order valence-electron chi connectivity index (χ1n) is 6.02. The van der Waals surface area contributed by atoms with Gasteiger partial charge in [-0.3, -0.25) is 9.59 Å². The zero-order chi connectivity index (χ0) is 13.4. The van der Waals surface area contributed by atoms with Gasteiger partial charge in [-0.2, -0.15) is 11.8 Å². The molecule has 100 valence electrons. The molecule has 4 nitrogen and oxygen atoms in total. The molecule has 0 unspecified atom stereocenters. The maximum atomic E-state index is 11.5. The van der Waals surface area contributed by atoms with E-state index in [0.29, 0.717) is 24.0 Å². The number of carbonyl (C=O) groups is 2. The van der Waals surface area contributed by atoms with Gasteiger partial charge in [0.15, 0.2) is 0 Å². The Morgan fingerprint density at radius 1 is 1.24 bits per heavy atom. The summed E-state index contributed by atoms with van der Waals surface area (Å²) in [7, 11) is 0. The summed E-state index contributed by atoms with van der Waals surface area (Å²) < 4.78 is 0. The maximum absolute atomic E-state index is 11.5. The van der Waals surface area contributed by atoms with Crippen molar-refractivity contribution in [1.29, 1.82) is 0 Å². The van der Waals surface area contributed by atoms with Gasteiger partial charge in [0.1, 0.15) is 5.78 Å². The van der Waals surface area contributed by atoms with Gasteiger partial charge in [-0.15, -0.1) is 0 Å². The van der Waals surface area contributed by atoms with Crippen LogP contribution in [0.15, 0.2) is 0 Å². The van der Waals surface area contributed by atoms with Gasteiger partial charge in [0.05, 0.1) is 6.04 Å². The molecule has 0 aliphatic carbocycles. The van der Waals surface area contributed by atoms with Crippen LogP contribution in [-0.4, -0.2) is 35.3 Å². The average molecular weight is 260 g/mol. The first kappa shape index (κ1) is 16.4. The Balaban J connectivity index is 3.75. The normalized spacial score (nSPS) is 12.9. The topological polar surface area (TPSA) is 72.2 Å². The number of rotatable bonds is 8. The third kappa shape index (κ3) is 8.21. The standard InChI is InChI=1S/C12H24N2O2S/c1-8(2)11(15)5-6-14-12(16)10(13)7-17-9(3)4/h8-10H,5-7,13H2,1-4H3,(H,14,16)/t10-/m0/s1. The van der Waals surface area contributed by atoms with Crippen molar-refractivity contribution in [3.8, 4) is 0 Å². The fraction of sp³-hybridized carbons (Fsp3) is 0.833. The lowest BCUT2D eigenvalue weighted by Crippen LogP contribution is -2.43. The molecule has 5 heteroatoms. The van der Waals surface area contributed by atoms with E-state index in [2.05, 4.69) is 19.2 Å². The molecule has 17 heavy (non-hydrogen) atoms. The monoisotopic (exact) mass is 260 g/mol. The van der Waals surface area contributed by atoms with Crippen LogP contribution in [0.1, 0.15) is 34.1 Å². The van der Waals surface area contributed by atoms with Crippen molar-refractivity contribution < 1.29 is 9.59 Å². The van der Waals surface area contributed by atoms with E-state index in [1.807, 2.05) is 13.8 Å². The molecule has 0 heterocycles. The molecule has 0 aliphatic heterocycles. The molecule has 0 aliphatic rings. The average Bonchev–Trinajstić information content (AvgIpc) is 2.25. The molecular weight excluding hydrogens is 236 g/mol. The van der Waals surface area contributed by atoms with Crippen LogP contribution in [-0.2, 0) is 9.59 Å². The molecule has 1 atom stereocenters. The lowest BCUT2D eigenvalue weighted by molar-refractivity contribution is -0.123. The number of amides is 1. The van der Waals surface area contributed by atoms with Gasteiger partial charge in [0, 0.05) is 24.6 Å². The number of ketones is 1. The van der Waals surface area contributed by atoms with Gasteiger partial charge in [-0.25, -0.2) is 0 Å². The highest BCUT2D eigenvalue weighted by Gasteiger charge is 2.14. The molecule has 0 radical (unpaired) electrons. The molecule has 0 saturated carbocycles.